The summed E-state index contributed by atoms with van der Waals surface area (Å²) in [6.45, 7) is 0. The van der Waals surface area contributed by atoms with Gasteiger partial charge in [-0.05, 0) is 36.4 Å². The van der Waals surface area contributed by atoms with E-state index in [2.05, 4.69) is 15.3 Å². The van der Waals surface area contributed by atoms with Crippen LogP contribution >= 0.6 is 11.6 Å². The summed E-state index contributed by atoms with van der Waals surface area (Å²) < 4.78 is 0. The number of phenols is 1. The molecule has 0 saturated heterocycles. The SMILES string of the molecule is O=CN(C(=O)Nc1ccc(O)c(Cl)c1)c1ccc2nccnc2c1. The number of nitrogens with zero attached hydrogens (tertiary/aromatic N) is 3. The van der Waals surface area contributed by atoms with Crippen molar-refractivity contribution in [3.8, 4) is 5.75 Å². The molecule has 0 unspecified atom stereocenters. The number of benzene rings is 2. The molecule has 0 atom stereocenters. The number of hydrogen-bond donors (Lipinski definition) is 2. The number of phenolic OH excluding ortho intramolecular Hbond substituents is 1. The topological polar surface area (TPSA) is 95.4 Å². The van der Waals surface area contributed by atoms with Crippen molar-refractivity contribution in [3.63, 3.8) is 0 Å². The van der Waals surface area contributed by atoms with Gasteiger partial charge in [0.05, 0.1) is 21.7 Å². The van der Waals surface area contributed by atoms with E-state index < -0.39 is 6.03 Å². The Kier molecular flexibility index (Phi) is 4.26. The van der Waals surface area contributed by atoms with Crippen LogP contribution in [0.5, 0.6) is 5.75 Å². The number of amides is 3. The second kappa shape index (κ2) is 6.51. The van der Waals surface area contributed by atoms with E-state index in [1.165, 1.54) is 24.4 Å². The van der Waals surface area contributed by atoms with Gasteiger partial charge in [-0.25, -0.2) is 9.69 Å². The third-order valence-corrected chi connectivity index (χ3v) is 3.56. The molecule has 3 rings (SSSR count). The average Bonchev–Trinajstić information content (AvgIpc) is 2.59. The Bertz CT molecular complexity index is 932. The van der Waals surface area contributed by atoms with Crippen molar-refractivity contribution in [1.29, 1.82) is 0 Å². The van der Waals surface area contributed by atoms with Crippen molar-refractivity contribution < 1.29 is 14.7 Å². The Hall–Kier alpha value is -3.19. The highest BCUT2D eigenvalue weighted by molar-refractivity contribution is 6.32. The first-order valence-corrected chi connectivity index (χ1v) is 7.21. The number of imide groups is 1. The van der Waals surface area contributed by atoms with Gasteiger partial charge in [-0.1, -0.05) is 11.6 Å². The fraction of sp³-hybridized carbons (Fsp3) is 0. The number of rotatable bonds is 3. The molecule has 1 heterocycles. The van der Waals surface area contributed by atoms with Crippen LogP contribution in [0.2, 0.25) is 5.02 Å². The van der Waals surface area contributed by atoms with Crippen molar-refractivity contribution >= 4 is 46.5 Å². The van der Waals surface area contributed by atoms with E-state index in [1.807, 2.05) is 0 Å². The molecule has 120 valence electrons. The van der Waals surface area contributed by atoms with Crippen LogP contribution in [0.15, 0.2) is 48.8 Å². The van der Waals surface area contributed by atoms with Crippen molar-refractivity contribution in [2.45, 2.75) is 0 Å². The predicted octanol–water partition coefficient (Wildman–Crippen LogP) is 3.18. The second-order valence-corrected chi connectivity index (χ2v) is 5.21. The maximum absolute atomic E-state index is 12.3. The van der Waals surface area contributed by atoms with Gasteiger partial charge in [0.2, 0.25) is 6.41 Å². The molecule has 0 aliphatic rings. The van der Waals surface area contributed by atoms with Crippen molar-refractivity contribution in [3.05, 3.63) is 53.8 Å². The van der Waals surface area contributed by atoms with Crippen LogP contribution < -0.4 is 10.2 Å². The minimum Gasteiger partial charge on any atom is -0.506 e. The van der Waals surface area contributed by atoms with Crippen molar-refractivity contribution in [1.82, 2.24) is 9.97 Å². The average molecular weight is 343 g/mol. The molecular formula is C16H11ClN4O3. The summed E-state index contributed by atoms with van der Waals surface area (Å²) >= 11 is 5.79. The number of urea groups is 1. The summed E-state index contributed by atoms with van der Waals surface area (Å²) in [5.41, 5.74) is 1.90. The van der Waals surface area contributed by atoms with E-state index in [0.717, 1.165) is 4.90 Å². The lowest BCUT2D eigenvalue weighted by Crippen LogP contribution is -2.33. The maximum atomic E-state index is 12.3. The van der Waals surface area contributed by atoms with Gasteiger partial charge >= 0.3 is 6.03 Å². The third kappa shape index (κ3) is 3.11. The molecule has 8 heteroatoms. The van der Waals surface area contributed by atoms with Gasteiger partial charge in [0, 0.05) is 18.1 Å². The van der Waals surface area contributed by atoms with E-state index in [4.69, 9.17) is 11.6 Å². The molecule has 0 aliphatic carbocycles. The summed E-state index contributed by atoms with van der Waals surface area (Å²) in [4.78, 5) is 32.8. The zero-order valence-corrected chi connectivity index (χ0v) is 12.9. The molecule has 0 spiro atoms. The molecular weight excluding hydrogens is 332 g/mol. The fourth-order valence-corrected chi connectivity index (χ4v) is 2.28. The number of nitrogens with one attached hydrogen (secondary N) is 1. The predicted molar refractivity (Wildman–Crippen MR) is 90.2 cm³/mol. The molecule has 1 aromatic heterocycles. The molecule has 0 radical (unpaired) electrons. The standard InChI is InChI=1S/C16H11ClN4O3/c17-12-7-10(1-4-15(12)23)20-16(24)21(9-22)11-2-3-13-14(8-11)19-6-5-18-13/h1-9,23H,(H,20,24). The van der Waals surface area contributed by atoms with Gasteiger partial charge in [0.1, 0.15) is 5.75 Å². The first-order chi connectivity index (χ1) is 11.6. The monoisotopic (exact) mass is 342 g/mol. The highest BCUT2D eigenvalue weighted by Gasteiger charge is 2.16. The van der Waals surface area contributed by atoms with E-state index in [-0.39, 0.29) is 10.8 Å². The Morgan fingerprint density at radius 1 is 1.12 bits per heavy atom. The zero-order chi connectivity index (χ0) is 17.1. The highest BCUT2D eigenvalue weighted by Crippen LogP contribution is 2.26. The molecule has 0 saturated carbocycles. The smallest absolute Gasteiger partial charge is 0.332 e. The lowest BCUT2D eigenvalue weighted by atomic mass is 10.2. The molecule has 2 aromatic carbocycles. The van der Waals surface area contributed by atoms with Gasteiger partial charge in [0.25, 0.3) is 0 Å². The minimum atomic E-state index is -0.671. The Morgan fingerprint density at radius 3 is 2.58 bits per heavy atom. The fourth-order valence-electron chi connectivity index (χ4n) is 2.10. The number of aromatic nitrogens is 2. The van der Waals surface area contributed by atoms with Crippen LogP contribution in [0.3, 0.4) is 0 Å². The number of anilines is 2. The number of halogens is 1. The van der Waals surface area contributed by atoms with E-state index in [1.54, 1.807) is 24.4 Å². The van der Waals surface area contributed by atoms with E-state index >= 15 is 0 Å². The van der Waals surface area contributed by atoms with Crippen LogP contribution in [-0.4, -0.2) is 27.5 Å². The molecule has 2 N–H and O–H groups in total. The Morgan fingerprint density at radius 2 is 1.88 bits per heavy atom. The molecule has 24 heavy (non-hydrogen) atoms. The van der Waals surface area contributed by atoms with Crippen LogP contribution in [0.4, 0.5) is 16.2 Å². The van der Waals surface area contributed by atoms with Gasteiger partial charge in [0.15, 0.2) is 0 Å². The van der Waals surface area contributed by atoms with Gasteiger partial charge in [-0.15, -0.1) is 0 Å². The lowest BCUT2D eigenvalue weighted by Gasteiger charge is -2.17. The molecule has 3 aromatic rings. The van der Waals surface area contributed by atoms with Gasteiger partial charge in [-0.3, -0.25) is 14.8 Å². The highest BCUT2D eigenvalue weighted by atomic mass is 35.5. The molecule has 3 amide bonds. The van der Waals surface area contributed by atoms with Crippen molar-refractivity contribution in [2.75, 3.05) is 10.2 Å². The van der Waals surface area contributed by atoms with E-state index in [0.29, 0.717) is 28.8 Å². The van der Waals surface area contributed by atoms with E-state index in [9.17, 15) is 14.7 Å². The Labute approximate surface area is 141 Å². The molecule has 0 aliphatic heterocycles. The number of hydrogen-bond acceptors (Lipinski definition) is 5. The quantitative estimate of drug-likeness (QED) is 0.563. The number of carbonyl (C=O) groups is 2. The summed E-state index contributed by atoms with van der Waals surface area (Å²) in [5.74, 6) is -0.102. The van der Waals surface area contributed by atoms with Crippen LogP contribution in [0, 0.1) is 0 Å². The molecule has 0 fully saturated rings. The number of fused-ring (bicyclic) bond motifs is 1. The largest absolute Gasteiger partial charge is 0.506 e. The Balaban J connectivity index is 1.87. The first-order valence-electron chi connectivity index (χ1n) is 6.83. The maximum Gasteiger partial charge on any atom is 0.332 e. The van der Waals surface area contributed by atoms with Gasteiger partial charge in [-0.2, -0.15) is 0 Å². The molecule has 7 nitrogen and oxygen atoms in total. The van der Waals surface area contributed by atoms with Gasteiger partial charge < -0.3 is 10.4 Å². The second-order valence-electron chi connectivity index (χ2n) is 4.80. The molecule has 0 bridgehead atoms. The summed E-state index contributed by atoms with van der Waals surface area (Å²) in [7, 11) is 0. The number of carbonyl (C=O) groups excluding carboxylic acids is 2. The number of aromatic hydroxyl groups is 1. The first kappa shape index (κ1) is 15.7. The summed E-state index contributed by atoms with van der Waals surface area (Å²) in [5, 5.41) is 12.0. The lowest BCUT2D eigenvalue weighted by molar-refractivity contribution is -0.106. The third-order valence-electron chi connectivity index (χ3n) is 3.25. The van der Waals surface area contributed by atoms with Crippen molar-refractivity contribution in [2.24, 2.45) is 0 Å². The summed E-state index contributed by atoms with van der Waals surface area (Å²) in [6.07, 6.45) is 3.48. The minimum absolute atomic E-state index is 0.0893. The van der Waals surface area contributed by atoms with Crippen LogP contribution in [0.1, 0.15) is 0 Å². The van der Waals surface area contributed by atoms with Crippen LogP contribution in [-0.2, 0) is 4.79 Å². The summed E-state index contributed by atoms with van der Waals surface area (Å²) in [6, 6.07) is 8.36. The zero-order valence-electron chi connectivity index (χ0n) is 12.2. The van der Waals surface area contributed by atoms with Crippen LogP contribution in [0.25, 0.3) is 11.0 Å². The normalized spacial score (nSPS) is 10.4.